The number of rotatable bonds is 5. The number of nitrogens with one attached hydrogen (secondary N) is 1. The van der Waals surface area contributed by atoms with Crippen molar-refractivity contribution in [2.75, 3.05) is 13.6 Å². The van der Waals surface area contributed by atoms with Crippen LogP contribution < -0.4 is 5.32 Å². The Bertz CT molecular complexity index is 304. The summed E-state index contributed by atoms with van der Waals surface area (Å²) in [6, 6.07) is 7.16. The predicted octanol–water partition coefficient (Wildman–Crippen LogP) is 3.41. The van der Waals surface area contributed by atoms with Crippen LogP contribution in [0.1, 0.15) is 17.9 Å². The molecule has 0 aromatic heterocycles. The molecule has 0 radical (unpaired) electrons. The van der Waals surface area contributed by atoms with E-state index in [1.165, 1.54) is 0 Å². The lowest BCUT2D eigenvalue weighted by atomic mass is 9.96. The van der Waals surface area contributed by atoms with Crippen LogP contribution in [0, 0.1) is 0 Å². The van der Waals surface area contributed by atoms with Crippen LogP contribution in [-0.2, 0) is 0 Å². The molecule has 1 N–H and O–H groups in total. The second-order valence-electron chi connectivity index (χ2n) is 3.35. The summed E-state index contributed by atoms with van der Waals surface area (Å²) in [4.78, 5) is 0. The highest BCUT2D eigenvalue weighted by atomic mass is 79.9. The molecular weight excluding hydrogens is 264 g/mol. The Morgan fingerprint density at radius 2 is 2.00 bits per heavy atom. The van der Waals surface area contributed by atoms with E-state index in [2.05, 4.69) is 21.2 Å². The van der Waals surface area contributed by atoms with E-state index >= 15 is 0 Å². The first-order valence-corrected chi connectivity index (χ1v) is 5.63. The van der Waals surface area contributed by atoms with E-state index in [0.29, 0.717) is 18.5 Å². The fourth-order valence-corrected chi connectivity index (χ4v) is 2.07. The highest BCUT2D eigenvalue weighted by Crippen LogP contribution is 2.31. The van der Waals surface area contributed by atoms with Crippen LogP contribution in [0.3, 0.4) is 0 Å². The van der Waals surface area contributed by atoms with Crippen LogP contribution >= 0.6 is 15.9 Å². The Labute approximate surface area is 97.0 Å². The molecule has 1 aromatic carbocycles. The third-order valence-electron chi connectivity index (χ3n) is 2.31. The number of benzene rings is 1. The molecule has 0 aliphatic rings. The Balaban J connectivity index is 2.84. The van der Waals surface area contributed by atoms with Crippen molar-refractivity contribution < 1.29 is 8.78 Å². The number of halogens is 3. The normalized spacial score (nSPS) is 13.1. The first kappa shape index (κ1) is 12.6. The molecule has 0 saturated heterocycles. The van der Waals surface area contributed by atoms with Gasteiger partial charge in [-0.3, -0.25) is 0 Å². The molecule has 0 heterocycles. The second kappa shape index (κ2) is 6.18. The highest BCUT2D eigenvalue weighted by molar-refractivity contribution is 9.10. The van der Waals surface area contributed by atoms with Crippen molar-refractivity contribution in [1.82, 2.24) is 5.32 Å². The van der Waals surface area contributed by atoms with E-state index in [-0.39, 0.29) is 0 Å². The zero-order valence-corrected chi connectivity index (χ0v) is 10.1. The second-order valence-corrected chi connectivity index (χ2v) is 4.21. The van der Waals surface area contributed by atoms with Gasteiger partial charge in [0.05, 0.1) is 0 Å². The lowest BCUT2D eigenvalue weighted by Gasteiger charge is -2.17. The molecular formula is C11H14BrF2N. The minimum Gasteiger partial charge on any atom is -0.320 e. The monoisotopic (exact) mass is 277 g/mol. The molecule has 1 rings (SSSR count). The first-order chi connectivity index (χ1) is 7.16. The van der Waals surface area contributed by atoms with Gasteiger partial charge < -0.3 is 5.32 Å². The maximum absolute atomic E-state index is 12.8. The van der Waals surface area contributed by atoms with E-state index in [9.17, 15) is 8.78 Å². The Kier molecular flexibility index (Phi) is 5.19. The summed E-state index contributed by atoms with van der Waals surface area (Å²) in [5, 5.41) is 2.89. The number of hydrogen-bond donors (Lipinski definition) is 1. The Morgan fingerprint density at radius 1 is 1.33 bits per heavy atom. The van der Waals surface area contributed by atoms with E-state index in [1.54, 1.807) is 25.2 Å². The van der Waals surface area contributed by atoms with Crippen LogP contribution in [0.5, 0.6) is 0 Å². The van der Waals surface area contributed by atoms with Gasteiger partial charge in [0.1, 0.15) is 0 Å². The molecule has 84 valence electrons. The van der Waals surface area contributed by atoms with Crippen molar-refractivity contribution in [1.29, 1.82) is 0 Å². The molecule has 1 unspecified atom stereocenters. The SMILES string of the molecule is CNCCC(c1ccccc1Br)C(F)F. The van der Waals surface area contributed by atoms with Gasteiger partial charge in [0.15, 0.2) is 0 Å². The van der Waals surface area contributed by atoms with Crippen LogP contribution in [0.15, 0.2) is 28.7 Å². The molecule has 4 heteroatoms. The summed E-state index contributed by atoms with van der Waals surface area (Å²) in [7, 11) is 1.77. The third-order valence-corrected chi connectivity index (χ3v) is 3.04. The molecule has 0 aliphatic heterocycles. The fourth-order valence-electron chi connectivity index (χ4n) is 1.49. The minimum atomic E-state index is -2.32. The zero-order chi connectivity index (χ0) is 11.3. The molecule has 0 bridgehead atoms. The molecule has 0 fully saturated rings. The van der Waals surface area contributed by atoms with E-state index in [1.807, 2.05) is 6.07 Å². The van der Waals surface area contributed by atoms with Crippen LogP contribution in [0.25, 0.3) is 0 Å². The van der Waals surface area contributed by atoms with Gasteiger partial charge in [-0.05, 0) is 31.6 Å². The molecule has 1 aromatic rings. The van der Waals surface area contributed by atoms with Crippen LogP contribution in [0.2, 0.25) is 0 Å². The standard InChI is InChI=1S/C11H14BrF2N/c1-15-7-6-9(11(13)14)8-4-2-3-5-10(8)12/h2-5,9,11,15H,6-7H2,1H3. The van der Waals surface area contributed by atoms with Crippen molar-refractivity contribution in [3.63, 3.8) is 0 Å². The largest absolute Gasteiger partial charge is 0.320 e. The van der Waals surface area contributed by atoms with Gasteiger partial charge in [0.25, 0.3) is 0 Å². The van der Waals surface area contributed by atoms with E-state index in [4.69, 9.17) is 0 Å². The van der Waals surface area contributed by atoms with E-state index < -0.39 is 12.3 Å². The summed E-state index contributed by atoms with van der Waals surface area (Å²) < 4.78 is 26.4. The third kappa shape index (κ3) is 3.54. The highest BCUT2D eigenvalue weighted by Gasteiger charge is 2.23. The van der Waals surface area contributed by atoms with Crippen LogP contribution in [0.4, 0.5) is 8.78 Å². The summed E-state index contributed by atoms with van der Waals surface area (Å²) in [5.41, 5.74) is 0.683. The van der Waals surface area contributed by atoms with Gasteiger partial charge in [0.2, 0.25) is 6.43 Å². The van der Waals surface area contributed by atoms with Gasteiger partial charge in [-0.2, -0.15) is 0 Å². The summed E-state index contributed by atoms with van der Waals surface area (Å²) in [5.74, 6) is -0.701. The maximum atomic E-state index is 12.8. The molecule has 0 spiro atoms. The lowest BCUT2D eigenvalue weighted by molar-refractivity contribution is 0.110. The average Bonchev–Trinajstić information content (AvgIpc) is 2.20. The molecule has 1 atom stereocenters. The van der Waals surface area contributed by atoms with Crippen molar-refractivity contribution in [3.8, 4) is 0 Å². The van der Waals surface area contributed by atoms with Gasteiger partial charge in [-0.15, -0.1) is 0 Å². The number of hydrogen-bond acceptors (Lipinski definition) is 1. The molecule has 1 nitrogen and oxygen atoms in total. The molecule has 0 aliphatic carbocycles. The summed E-state index contributed by atoms with van der Waals surface area (Å²) >= 11 is 3.30. The maximum Gasteiger partial charge on any atom is 0.245 e. The van der Waals surface area contributed by atoms with Gasteiger partial charge >= 0.3 is 0 Å². The first-order valence-electron chi connectivity index (χ1n) is 4.84. The topological polar surface area (TPSA) is 12.0 Å². The molecule has 15 heavy (non-hydrogen) atoms. The smallest absolute Gasteiger partial charge is 0.245 e. The quantitative estimate of drug-likeness (QED) is 0.870. The molecule has 0 saturated carbocycles. The van der Waals surface area contributed by atoms with Crippen LogP contribution in [-0.4, -0.2) is 20.0 Å². The van der Waals surface area contributed by atoms with E-state index in [0.717, 1.165) is 4.47 Å². The zero-order valence-electron chi connectivity index (χ0n) is 8.51. The lowest BCUT2D eigenvalue weighted by Crippen LogP contribution is -2.17. The predicted molar refractivity (Wildman–Crippen MR) is 61.4 cm³/mol. The van der Waals surface area contributed by atoms with Gasteiger partial charge in [0, 0.05) is 10.4 Å². The van der Waals surface area contributed by atoms with Crippen molar-refractivity contribution in [2.45, 2.75) is 18.8 Å². The minimum absolute atomic E-state index is 0.441. The van der Waals surface area contributed by atoms with Gasteiger partial charge in [-0.25, -0.2) is 8.78 Å². The van der Waals surface area contributed by atoms with Crippen molar-refractivity contribution >= 4 is 15.9 Å². The summed E-state index contributed by atoms with van der Waals surface area (Å²) in [6.07, 6.45) is -1.88. The van der Waals surface area contributed by atoms with Gasteiger partial charge in [-0.1, -0.05) is 34.1 Å². The number of alkyl halides is 2. The molecule has 0 amide bonds. The average molecular weight is 278 g/mol. The van der Waals surface area contributed by atoms with Crippen molar-refractivity contribution in [2.24, 2.45) is 0 Å². The van der Waals surface area contributed by atoms with Crippen molar-refractivity contribution in [3.05, 3.63) is 34.3 Å². The fraction of sp³-hybridized carbons (Fsp3) is 0.455. The Hall–Kier alpha value is -0.480. The summed E-state index contributed by atoms with van der Waals surface area (Å²) in [6.45, 7) is 0.594. The Morgan fingerprint density at radius 3 is 2.53 bits per heavy atom.